The fourth-order valence-corrected chi connectivity index (χ4v) is 2.61. The van der Waals surface area contributed by atoms with Crippen LogP contribution in [0.1, 0.15) is 46.0 Å². The molecule has 3 nitrogen and oxygen atoms in total. The van der Waals surface area contributed by atoms with E-state index in [0.29, 0.717) is 0 Å². The molecule has 1 aliphatic heterocycles. The van der Waals surface area contributed by atoms with Gasteiger partial charge in [0.15, 0.2) is 0 Å². The lowest BCUT2D eigenvalue weighted by Gasteiger charge is -2.33. The summed E-state index contributed by atoms with van der Waals surface area (Å²) in [7, 11) is 0. The summed E-state index contributed by atoms with van der Waals surface area (Å²) in [5.41, 5.74) is 1.07. The fraction of sp³-hybridized carbons (Fsp3) is 0.800. The average Bonchev–Trinajstić information content (AvgIpc) is 2.72. The van der Waals surface area contributed by atoms with Crippen molar-refractivity contribution in [3.63, 3.8) is 0 Å². The predicted octanol–water partition coefficient (Wildman–Crippen LogP) is 2.76. The van der Waals surface area contributed by atoms with Crippen molar-refractivity contribution in [3.8, 4) is 0 Å². The first kappa shape index (κ1) is 13.6. The summed E-state index contributed by atoms with van der Waals surface area (Å²) < 4.78 is 5.66. The summed E-state index contributed by atoms with van der Waals surface area (Å²) in [6.07, 6.45) is 8.15. The van der Waals surface area contributed by atoms with E-state index < -0.39 is 0 Å². The monoisotopic (exact) mass is 251 g/mol. The summed E-state index contributed by atoms with van der Waals surface area (Å²) in [6.45, 7) is 6.51. The maximum absolute atomic E-state index is 12.2. The normalized spacial score (nSPS) is 23.6. The van der Waals surface area contributed by atoms with Crippen molar-refractivity contribution in [1.29, 1.82) is 0 Å². The number of carbonyl (C=O) groups excluding carboxylic acids is 1. The van der Waals surface area contributed by atoms with E-state index in [1.165, 1.54) is 19.3 Å². The Balaban J connectivity index is 1.91. The Bertz CT molecular complexity index is 310. The van der Waals surface area contributed by atoms with Gasteiger partial charge in [0, 0.05) is 25.8 Å². The molecule has 1 amide bonds. The van der Waals surface area contributed by atoms with E-state index in [4.69, 9.17) is 4.74 Å². The summed E-state index contributed by atoms with van der Waals surface area (Å²) >= 11 is 0. The molecule has 0 aromatic heterocycles. The van der Waals surface area contributed by atoms with Crippen molar-refractivity contribution in [2.24, 2.45) is 5.92 Å². The summed E-state index contributed by atoms with van der Waals surface area (Å²) in [5.74, 6) is 0.887. The van der Waals surface area contributed by atoms with Gasteiger partial charge in [0.1, 0.15) is 0 Å². The summed E-state index contributed by atoms with van der Waals surface area (Å²) in [6, 6.07) is 0. The van der Waals surface area contributed by atoms with Crippen LogP contribution in [-0.2, 0) is 9.53 Å². The zero-order valence-corrected chi connectivity index (χ0v) is 11.7. The molecule has 0 spiro atoms. The quantitative estimate of drug-likeness (QED) is 0.703. The molecule has 2 aliphatic rings. The minimum atomic E-state index is 0.164. The van der Waals surface area contributed by atoms with Crippen LogP contribution in [0.15, 0.2) is 11.6 Å². The SMILES string of the molecule is CC(C)=CC(=O)N(CC1CCC1)C[C@@H]1CCCO1. The molecule has 0 aromatic rings. The lowest BCUT2D eigenvalue weighted by atomic mass is 9.85. The van der Waals surface area contributed by atoms with Crippen molar-refractivity contribution in [2.45, 2.75) is 52.1 Å². The summed E-state index contributed by atoms with van der Waals surface area (Å²) in [4.78, 5) is 14.2. The van der Waals surface area contributed by atoms with Crippen LogP contribution in [0.25, 0.3) is 0 Å². The van der Waals surface area contributed by atoms with Crippen molar-refractivity contribution in [3.05, 3.63) is 11.6 Å². The molecule has 1 heterocycles. The number of allylic oxidation sites excluding steroid dienone is 1. The minimum Gasteiger partial charge on any atom is -0.376 e. The Hall–Kier alpha value is -0.830. The molecule has 0 unspecified atom stereocenters. The average molecular weight is 251 g/mol. The Morgan fingerprint density at radius 2 is 2.00 bits per heavy atom. The molecular formula is C15H25NO2. The third-order valence-corrected chi connectivity index (χ3v) is 3.88. The molecule has 0 aromatic carbocycles. The standard InChI is InChI=1S/C15H25NO2/c1-12(2)9-15(17)16(10-13-5-3-6-13)11-14-7-4-8-18-14/h9,13-14H,3-8,10-11H2,1-2H3/t14-/m0/s1. The van der Waals surface area contributed by atoms with Crippen LogP contribution in [0.5, 0.6) is 0 Å². The Morgan fingerprint density at radius 3 is 2.50 bits per heavy atom. The van der Waals surface area contributed by atoms with Gasteiger partial charge < -0.3 is 9.64 Å². The van der Waals surface area contributed by atoms with Gasteiger partial charge in [-0.1, -0.05) is 12.0 Å². The fourth-order valence-electron chi connectivity index (χ4n) is 2.61. The molecule has 18 heavy (non-hydrogen) atoms. The van der Waals surface area contributed by atoms with Gasteiger partial charge in [-0.25, -0.2) is 0 Å². The van der Waals surface area contributed by atoms with E-state index in [9.17, 15) is 4.79 Å². The maximum atomic E-state index is 12.2. The molecule has 1 aliphatic carbocycles. The first-order chi connectivity index (χ1) is 8.65. The molecule has 102 valence electrons. The second kappa shape index (κ2) is 6.37. The van der Waals surface area contributed by atoms with E-state index in [1.807, 2.05) is 18.7 Å². The third kappa shape index (κ3) is 3.84. The van der Waals surface area contributed by atoms with Gasteiger partial charge in [-0.05, 0) is 45.4 Å². The van der Waals surface area contributed by atoms with Crippen molar-refractivity contribution >= 4 is 5.91 Å². The van der Waals surface area contributed by atoms with Crippen LogP contribution in [0.3, 0.4) is 0 Å². The molecule has 1 atom stereocenters. The van der Waals surface area contributed by atoms with Crippen molar-refractivity contribution in [2.75, 3.05) is 19.7 Å². The Kier molecular flexibility index (Phi) is 4.81. The second-order valence-corrected chi connectivity index (χ2v) is 5.90. The number of rotatable bonds is 5. The van der Waals surface area contributed by atoms with E-state index >= 15 is 0 Å². The first-order valence-corrected chi connectivity index (χ1v) is 7.20. The maximum Gasteiger partial charge on any atom is 0.246 e. The van der Waals surface area contributed by atoms with Gasteiger partial charge in [-0.2, -0.15) is 0 Å². The third-order valence-electron chi connectivity index (χ3n) is 3.88. The van der Waals surface area contributed by atoms with Gasteiger partial charge >= 0.3 is 0 Å². The molecule has 3 heteroatoms. The number of hydrogen-bond donors (Lipinski definition) is 0. The van der Waals surface area contributed by atoms with E-state index in [0.717, 1.165) is 44.0 Å². The van der Waals surface area contributed by atoms with Gasteiger partial charge in [0.05, 0.1) is 6.10 Å². The zero-order valence-electron chi connectivity index (χ0n) is 11.7. The van der Waals surface area contributed by atoms with Crippen LogP contribution < -0.4 is 0 Å². The topological polar surface area (TPSA) is 29.5 Å². The van der Waals surface area contributed by atoms with Gasteiger partial charge in [0.25, 0.3) is 0 Å². The van der Waals surface area contributed by atoms with E-state index in [2.05, 4.69) is 0 Å². The zero-order chi connectivity index (χ0) is 13.0. The number of carbonyl (C=O) groups is 1. The number of amides is 1. The van der Waals surface area contributed by atoms with Crippen LogP contribution >= 0.6 is 0 Å². The molecule has 2 fully saturated rings. The highest BCUT2D eigenvalue weighted by atomic mass is 16.5. The molecule has 0 radical (unpaired) electrons. The van der Waals surface area contributed by atoms with Crippen molar-refractivity contribution in [1.82, 2.24) is 4.90 Å². The van der Waals surface area contributed by atoms with Crippen LogP contribution in [-0.4, -0.2) is 36.6 Å². The van der Waals surface area contributed by atoms with Gasteiger partial charge in [0.2, 0.25) is 5.91 Å². The lowest BCUT2D eigenvalue weighted by molar-refractivity contribution is -0.128. The highest BCUT2D eigenvalue weighted by Gasteiger charge is 2.26. The molecule has 0 N–H and O–H groups in total. The smallest absolute Gasteiger partial charge is 0.246 e. The molecule has 2 rings (SSSR count). The largest absolute Gasteiger partial charge is 0.376 e. The van der Waals surface area contributed by atoms with Gasteiger partial charge in [-0.3, -0.25) is 4.79 Å². The molecule has 1 saturated carbocycles. The highest BCUT2D eigenvalue weighted by Crippen LogP contribution is 2.27. The molecular weight excluding hydrogens is 226 g/mol. The molecule has 1 saturated heterocycles. The number of nitrogens with zero attached hydrogens (tertiary/aromatic N) is 1. The minimum absolute atomic E-state index is 0.164. The van der Waals surface area contributed by atoms with E-state index in [1.54, 1.807) is 6.08 Å². The van der Waals surface area contributed by atoms with E-state index in [-0.39, 0.29) is 12.0 Å². The second-order valence-electron chi connectivity index (χ2n) is 5.90. The first-order valence-electron chi connectivity index (χ1n) is 7.20. The summed E-state index contributed by atoms with van der Waals surface area (Å²) in [5, 5.41) is 0. The van der Waals surface area contributed by atoms with Crippen LogP contribution in [0.2, 0.25) is 0 Å². The Morgan fingerprint density at radius 1 is 1.22 bits per heavy atom. The number of ether oxygens (including phenoxy) is 1. The highest BCUT2D eigenvalue weighted by molar-refractivity contribution is 5.88. The van der Waals surface area contributed by atoms with Crippen molar-refractivity contribution < 1.29 is 9.53 Å². The van der Waals surface area contributed by atoms with Gasteiger partial charge in [-0.15, -0.1) is 0 Å². The van der Waals surface area contributed by atoms with Crippen LogP contribution in [0.4, 0.5) is 0 Å². The predicted molar refractivity (Wildman–Crippen MR) is 72.3 cm³/mol. The van der Waals surface area contributed by atoms with Crippen LogP contribution in [0, 0.1) is 5.92 Å². The molecule has 0 bridgehead atoms. The Labute approximate surface area is 110 Å². The number of hydrogen-bond acceptors (Lipinski definition) is 2. The lowest BCUT2D eigenvalue weighted by Crippen LogP contribution is -2.41.